The summed E-state index contributed by atoms with van der Waals surface area (Å²) in [6, 6.07) is 8.06. The highest BCUT2D eigenvalue weighted by molar-refractivity contribution is 5.86. The summed E-state index contributed by atoms with van der Waals surface area (Å²) in [5.74, 6) is 1.67. The van der Waals surface area contributed by atoms with Crippen molar-refractivity contribution < 1.29 is 4.74 Å². The molecule has 1 fully saturated rings. The smallest absolute Gasteiger partial charge is 0.123 e. The number of ether oxygens (including phenoxy) is 1. The van der Waals surface area contributed by atoms with Gasteiger partial charge in [-0.05, 0) is 74.9 Å². The zero-order valence-electron chi connectivity index (χ0n) is 18.3. The third-order valence-corrected chi connectivity index (χ3v) is 5.24. The number of halogens is 3. The number of pyridine rings is 2. The molecule has 176 valence electrons. The summed E-state index contributed by atoms with van der Waals surface area (Å²) >= 11 is 0. The number of anilines is 2. The van der Waals surface area contributed by atoms with Crippen LogP contribution in [0.2, 0.25) is 0 Å². The highest BCUT2D eigenvalue weighted by Crippen LogP contribution is 2.20. The molecule has 0 saturated carbocycles. The fraction of sp³-hybridized carbons (Fsp3) is 0.545. The van der Waals surface area contributed by atoms with Gasteiger partial charge in [0.2, 0.25) is 0 Å². The number of rotatable bonds is 9. The predicted molar refractivity (Wildman–Crippen MR) is 136 cm³/mol. The van der Waals surface area contributed by atoms with Gasteiger partial charge in [-0.25, -0.2) is 9.97 Å². The molecule has 2 atom stereocenters. The van der Waals surface area contributed by atoms with Crippen LogP contribution in [0.25, 0.3) is 0 Å². The van der Waals surface area contributed by atoms with E-state index in [9.17, 15) is 0 Å². The first-order valence-electron chi connectivity index (χ1n) is 10.3. The van der Waals surface area contributed by atoms with Crippen LogP contribution in [0.15, 0.2) is 24.3 Å². The second kappa shape index (κ2) is 14.7. The molecule has 0 bridgehead atoms. The van der Waals surface area contributed by atoms with Crippen LogP contribution in [0.4, 0.5) is 11.6 Å². The molecule has 6 nitrogen and oxygen atoms in total. The minimum absolute atomic E-state index is 0. The average Bonchev–Trinajstić information content (AvgIpc) is 3.03. The number of hydrogen-bond donors (Lipinski definition) is 3. The number of nitrogen functional groups attached to an aromatic ring is 2. The van der Waals surface area contributed by atoms with Gasteiger partial charge in [0.15, 0.2) is 0 Å². The van der Waals surface area contributed by atoms with E-state index < -0.39 is 0 Å². The van der Waals surface area contributed by atoms with Crippen LogP contribution in [0, 0.1) is 19.8 Å². The zero-order valence-corrected chi connectivity index (χ0v) is 20.8. The van der Waals surface area contributed by atoms with E-state index in [0.29, 0.717) is 17.6 Å². The summed E-state index contributed by atoms with van der Waals surface area (Å²) in [5, 5.41) is 3.45. The molecule has 0 amide bonds. The number of nitrogens with one attached hydrogen (secondary N) is 1. The van der Waals surface area contributed by atoms with Gasteiger partial charge in [0, 0.05) is 37.0 Å². The molecule has 9 heteroatoms. The summed E-state index contributed by atoms with van der Waals surface area (Å²) < 4.78 is 6.18. The summed E-state index contributed by atoms with van der Waals surface area (Å²) in [6.45, 7) is 6.81. The van der Waals surface area contributed by atoms with Crippen LogP contribution in [-0.2, 0) is 17.6 Å². The minimum Gasteiger partial charge on any atom is -0.384 e. The molecule has 0 aromatic carbocycles. The first-order valence-corrected chi connectivity index (χ1v) is 10.3. The first-order chi connectivity index (χ1) is 13.5. The molecule has 2 aromatic heterocycles. The molecule has 31 heavy (non-hydrogen) atoms. The Bertz CT molecular complexity index is 753. The molecule has 1 saturated heterocycles. The SMILES string of the molecule is Cc1cc(N)nc(CCCCCO[C@H]2CNC[C@H]2Cc2cc(C)cc(N)n2)c1.Cl.Cl.Cl. The van der Waals surface area contributed by atoms with Gasteiger partial charge in [-0.2, -0.15) is 0 Å². The van der Waals surface area contributed by atoms with Crippen LogP contribution >= 0.6 is 37.2 Å². The number of aromatic nitrogens is 2. The maximum atomic E-state index is 6.18. The van der Waals surface area contributed by atoms with Crippen molar-refractivity contribution in [2.24, 2.45) is 5.92 Å². The van der Waals surface area contributed by atoms with E-state index in [2.05, 4.69) is 41.3 Å². The molecule has 2 aromatic rings. The van der Waals surface area contributed by atoms with E-state index in [-0.39, 0.29) is 43.3 Å². The van der Waals surface area contributed by atoms with Crippen LogP contribution < -0.4 is 16.8 Å². The number of unbranched alkanes of at least 4 members (excludes halogenated alkanes) is 2. The fourth-order valence-corrected chi connectivity index (χ4v) is 3.96. The predicted octanol–water partition coefficient (Wildman–Crippen LogP) is 4.08. The second-order valence-electron chi connectivity index (χ2n) is 7.96. The number of aryl methyl sites for hydroxylation is 3. The molecular formula is C22H36Cl3N5O. The van der Waals surface area contributed by atoms with E-state index in [0.717, 1.165) is 68.8 Å². The van der Waals surface area contributed by atoms with Crippen LogP contribution in [-0.4, -0.2) is 35.8 Å². The maximum Gasteiger partial charge on any atom is 0.123 e. The van der Waals surface area contributed by atoms with Crippen molar-refractivity contribution in [3.63, 3.8) is 0 Å². The van der Waals surface area contributed by atoms with Gasteiger partial charge in [-0.15, -0.1) is 37.2 Å². The van der Waals surface area contributed by atoms with Crippen molar-refractivity contribution in [2.75, 3.05) is 31.2 Å². The van der Waals surface area contributed by atoms with Crippen molar-refractivity contribution in [2.45, 2.75) is 52.1 Å². The Balaban J connectivity index is 0.00000300. The monoisotopic (exact) mass is 491 g/mol. The molecule has 0 unspecified atom stereocenters. The lowest BCUT2D eigenvalue weighted by molar-refractivity contribution is 0.0354. The van der Waals surface area contributed by atoms with Crippen LogP contribution in [0.5, 0.6) is 0 Å². The molecule has 3 rings (SSSR count). The third-order valence-electron chi connectivity index (χ3n) is 5.24. The third kappa shape index (κ3) is 9.79. The van der Waals surface area contributed by atoms with Gasteiger partial charge in [-0.1, -0.05) is 6.42 Å². The molecule has 3 heterocycles. The Kier molecular flexibility index (Phi) is 14.1. The van der Waals surface area contributed by atoms with E-state index in [1.165, 1.54) is 5.56 Å². The summed E-state index contributed by atoms with van der Waals surface area (Å²) in [7, 11) is 0. The molecule has 0 aliphatic carbocycles. The lowest BCUT2D eigenvalue weighted by Crippen LogP contribution is -2.25. The van der Waals surface area contributed by atoms with Crippen LogP contribution in [0.1, 0.15) is 41.8 Å². The number of nitrogens with two attached hydrogens (primary N) is 2. The van der Waals surface area contributed by atoms with Crippen LogP contribution in [0.3, 0.4) is 0 Å². The topological polar surface area (TPSA) is 99.1 Å². The normalized spacial score (nSPS) is 17.4. The average molecular weight is 493 g/mol. The van der Waals surface area contributed by atoms with Crippen molar-refractivity contribution in [1.82, 2.24) is 15.3 Å². The van der Waals surface area contributed by atoms with E-state index >= 15 is 0 Å². The molecule has 5 N–H and O–H groups in total. The van der Waals surface area contributed by atoms with Gasteiger partial charge >= 0.3 is 0 Å². The second-order valence-corrected chi connectivity index (χ2v) is 7.96. The minimum atomic E-state index is 0. The van der Waals surface area contributed by atoms with Crippen molar-refractivity contribution in [1.29, 1.82) is 0 Å². The van der Waals surface area contributed by atoms with Crippen molar-refractivity contribution >= 4 is 48.9 Å². The van der Waals surface area contributed by atoms with Gasteiger partial charge in [-0.3, -0.25) is 0 Å². The van der Waals surface area contributed by atoms with Gasteiger partial charge in [0.1, 0.15) is 11.6 Å². The van der Waals surface area contributed by atoms with E-state index in [1.807, 2.05) is 12.1 Å². The number of nitrogens with zero attached hydrogens (tertiary/aromatic N) is 2. The van der Waals surface area contributed by atoms with Crippen molar-refractivity contribution in [3.05, 3.63) is 46.8 Å². The summed E-state index contributed by atoms with van der Waals surface area (Å²) in [5.41, 5.74) is 16.2. The highest BCUT2D eigenvalue weighted by atomic mass is 35.5. The number of hydrogen-bond acceptors (Lipinski definition) is 6. The van der Waals surface area contributed by atoms with Gasteiger partial charge in [0.05, 0.1) is 6.10 Å². The molecule has 1 aliphatic heterocycles. The molecule has 0 spiro atoms. The zero-order chi connectivity index (χ0) is 19.9. The quantitative estimate of drug-likeness (QED) is 0.456. The molecular weight excluding hydrogens is 457 g/mol. The molecule has 1 aliphatic rings. The molecule has 0 radical (unpaired) electrons. The Morgan fingerprint density at radius 2 is 1.48 bits per heavy atom. The maximum absolute atomic E-state index is 6.18. The Morgan fingerprint density at radius 3 is 2.13 bits per heavy atom. The first kappa shape index (κ1) is 29.7. The Morgan fingerprint density at radius 1 is 0.871 bits per heavy atom. The summed E-state index contributed by atoms with van der Waals surface area (Å²) in [6.07, 6.45) is 5.44. The fourth-order valence-electron chi connectivity index (χ4n) is 3.96. The van der Waals surface area contributed by atoms with Crippen molar-refractivity contribution in [3.8, 4) is 0 Å². The standard InChI is InChI=1S/C22H33N5O.3ClH/c1-15-8-18(26-21(23)10-15)6-4-3-5-7-28-20-14-25-13-17(20)12-19-9-16(2)11-22(24)27-19;;;/h8-11,17,20,25H,3-7,12-14H2,1-2H3,(H2,23,26)(H2,24,27);3*1H/t17-,20+;;;/m1.../s1. The van der Waals surface area contributed by atoms with E-state index in [4.69, 9.17) is 16.2 Å². The highest BCUT2D eigenvalue weighted by Gasteiger charge is 2.28. The summed E-state index contributed by atoms with van der Waals surface area (Å²) in [4.78, 5) is 8.87. The van der Waals surface area contributed by atoms with Gasteiger partial charge < -0.3 is 21.5 Å². The lowest BCUT2D eigenvalue weighted by Gasteiger charge is -2.19. The largest absolute Gasteiger partial charge is 0.384 e. The Labute approximate surface area is 204 Å². The lowest BCUT2D eigenvalue weighted by atomic mass is 9.99. The van der Waals surface area contributed by atoms with E-state index in [1.54, 1.807) is 0 Å². The van der Waals surface area contributed by atoms with Gasteiger partial charge in [0.25, 0.3) is 0 Å². The Hall–Kier alpha value is -1.31.